The fraction of sp³-hybridized carbons (Fsp3) is 0.261. The van der Waals surface area contributed by atoms with E-state index >= 15 is 0 Å². The quantitative estimate of drug-likeness (QED) is 0.285. The smallest absolute Gasteiger partial charge is 0.339 e. The third-order valence-electron chi connectivity index (χ3n) is 4.40. The minimum atomic E-state index is 0. The number of rotatable bonds is 1. The molecule has 0 saturated heterocycles. The Morgan fingerprint density at radius 2 is 1.73 bits per heavy atom. The number of halogens is 1. The van der Waals surface area contributed by atoms with Gasteiger partial charge in [-0.1, -0.05) is 13.0 Å². The first-order valence-corrected chi connectivity index (χ1v) is 9.24. The van der Waals surface area contributed by atoms with Crippen LogP contribution in [0.15, 0.2) is 65.9 Å². The number of allylic oxidation sites excluding steroid dienone is 4. The molecule has 0 spiro atoms. The van der Waals surface area contributed by atoms with Gasteiger partial charge in [0.2, 0.25) is 0 Å². The van der Waals surface area contributed by atoms with Crippen LogP contribution in [-0.2, 0) is 26.2 Å². The van der Waals surface area contributed by atoms with E-state index in [2.05, 4.69) is 105 Å². The molecule has 134 valence electrons. The Bertz CT molecular complexity index is 847. The van der Waals surface area contributed by atoms with Gasteiger partial charge in [0.25, 0.3) is 0 Å². The summed E-state index contributed by atoms with van der Waals surface area (Å²) in [7, 11) is 0. The van der Waals surface area contributed by atoms with E-state index in [1.54, 1.807) is 0 Å². The van der Waals surface area contributed by atoms with E-state index in [1.165, 1.54) is 45.2 Å². The molecule has 1 nitrogen and oxygen atoms in total. The van der Waals surface area contributed by atoms with Crippen LogP contribution in [0.25, 0.3) is 16.5 Å². The fourth-order valence-corrected chi connectivity index (χ4v) is 2.94. The van der Waals surface area contributed by atoms with Crippen molar-refractivity contribution in [1.82, 2.24) is 4.57 Å². The first-order chi connectivity index (χ1) is 12.0. The molecule has 26 heavy (non-hydrogen) atoms. The van der Waals surface area contributed by atoms with Crippen LogP contribution in [0.4, 0.5) is 0 Å². The van der Waals surface area contributed by atoms with Gasteiger partial charge in [-0.15, -0.1) is 66.0 Å². The van der Waals surface area contributed by atoms with E-state index in [9.17, 15) is 0 Å². The Labute approximate surface area is 181 Å². The van der Waals surface area contributed by atoms with Crippen molar-refractivity contribution in [2.75, 3.05) is 6.38 Å². The van der Waals surface area contributed by atoms with Crippen molar-refractivity contribution in [3.63, 3.8) is 0 Å². The summed E-state index contributed by atoms with van der Waals surface area (Å²) < 4.78 is 2.25. The van der Waals surface area contributed by atoms with Crippen molar-refractivity contribution >= 4 is 22.4 Å². The molecule has 0 radical (unpaired) electrons. The predicted octanol–water partition coefficient (Wildman–Crippen LogP) is 6.90. The van der Waals surface area contributed by atoms with Gasteiger partial charge >= 0.3 is 26.2 Å². The van der Waals surface area contributed by atoms with E-state index in [4.69, 9.17) is 0 Å². The molecule has 1 aromatic heterocycles. The van der Waals surface area contributed by atoms with E-state index in [0.717, 1.165) is 6.42 Å². The molecule has 3 heteroatoms. The molecule has 1 aliphatic carbocycles. The van der Waals surface area contributed by atoms with Crippen molar-refractivity contribution < 1.29 is 26.2 Å². The number of alkyl halides is 1. The molecule has 0 fully saturated rings. The molecule has 0 N–H and O–H groups in total. The molecule has 3 aromatic rings. The van der Waals surface area contributed by atoms with Crippen LogP contribution in [0.5, 0.6) is 0 Å². The number of hydrogen-bond donors (Lipinski definition) is 0. The minimum Gasteiger partial charge on any atom is -0.339 e. The molecular formula is C23H26ClNZr. The summed E-state index contributed by atoms with van der Waals surface area (Å²) in [5.41, 5.74) is 6.56. The summed E-state index contributed by atoms with van der Waals surface area (Å²) in [6, 6.07) is 15.2. The topological polar surface area (TPSA) is 4.93 Å². The SMILES string of the molecule is CC1=[C-]CC=C1C.CCl.Cc1cc(C)n(-c2cc3ccccc3[cH-]2)c1.[Zr+2]. The number of aryl methyl sites for hydroxylation is 2. The second-order valence-electron chi connectivity index (χ2n) is 6.26. The Kier molecular flexibility index (Phi) is 9.47. The molecule has 4 rings (SSSR count). The Balaban J connectivity index is 0.000000287. The van der Waals surface area contributed by atoms with Crippen LogP contribution in [0.1, 0.15) is 31.5 Å². The predicted molar refractivity (Wildman–Crippen MR) is 111 cm³/mol. The van der Waals surface area contributed by atoms with Gasteiger partial charge in [0.05, 0.1) is 0 Å². The fourth-order valence-electron chi connectivity index (χ4n) is 2.94. The zero-order chi connectivity index (χ0) is 18.4. The van der Waals surface area contributed by atoms with Gasteiger partial charge in [-0.05, 0) is 31.2 Å². The van der Waals surface area contributed by atoms with E-state index in [0.29, 0.717) is 0 Å². The Hall–Kier alpha value is -1.24. The van der Waals surface area contributed by atoms with Gasteiger partial charge < -0.3 is 4.57 Å². The van der Waals surface area contributed by atoms with Crippen LogP contribution in [0.3, 0.4) is 0 Å². The van der Waals surface area contributed by atoms with Crippen molar-refractivity contribution in [3.8, 4) is 5.69 Å². The molecule has 1 heterocycles. The molecule has 0 saturated carbocycles. The first-order valence-electron chi connectivity index (χ1n) is 8.48. The van der Waals surface area contributed by atoms with Gasteiger partial charge in [-0.25, -0.2) is 11.1 Å². The average Bonchev–Trinajstić information content (AvgIpc) is 3.29. The van der Waals surface area contributed by atoms with E-state index < -0.39 is 0 Å². The first kappa shape index (κ1) is 22.8. The molecule has 0 atom stereocenters. The van der Waals surface area contributed by atoms with E-state index in [-0.39, 0.29) is 26.2 Å². The van der Waals surface area contributed by atoms with Gasteiger partial charge in [0.15, 0.2) is 0 Å². The zero-order valence-corrected chi connectivity index (χ0v) is 19.4. The maximum atomic E-state index is 4.64. The number of fused-ring (bicyclic) bond motifs is 1. The van der Waals surface area contributed by atoms with Crippen LogP contribution in [0, 0.1) is 19.9 Å². The van der Waals surface area contributed by atoms with Gasteiger partial charge in [0.1, 0.15) is 0 Å². The molecule has 0 aliphatic heterocycles. The average molecular weight is 443 g/mol. The van der Waals surface area contributed by atoms with Crippen molar-refractivity contribution in [1.29, 1.82) is 0 Å². The Morgan fingerprint density at radius 3 is 2.19 bits per heavy atom. The maximum Gasteiger partial charge on any atom is 2.00 e. The van der Waals surface area contributed by atoms with Gasteiger partial charge in [0, 0.05) is 18.3 Å². The number of nitrogens with zero attached hydrogens (tertiary/aromatic N) is 1. The van der Waals surface area contributed by atoms with Crippen LogP contribution in [-0.4, -0.2) is 11.0 Å². The number of hydrogen-bond acceptors (Lipinski definition) is 0. The monoisotopic (exact) mass is 441 g/mol. The van der Waals surface area contributed by atoms with Crippen LogP contribution in [0.2, 0.25) is 0 Å². The van der Waals surface area contributed by atoms with Crippen LogP contribution >= 0.6 is 11.6 Å². The minimum absolute atomic E-state index is 0. The summed E-state index contributed by atoms with van der Waals surface area (Å²) in [5, 5.41) is 2.62. The molecule has 0 bridgehead atoms. The maximum absolute atomic E-state index is 4.64. The zero-order valence-electron chi connectivity index (χ0n) is 16.2. The number of benzene rings is 1. The van der Waals surface area contributed by atoms with Gasteiger partial charge in [-0.3, -0.25) is 6.08 Å². The summed E-state index contributed by atoms with van der Waals surface area (Å²) in [6.45, 7) is 8.49. The summed E-state index contributed by atoms with van der Waals surface area (Å²) in [6.07, 6.45) is 10.1. The summed E-state index contributed by atoms with van der Waals surface area (Å²) >= 11 is 4.64. The summed E-state index contributed by atoms with van der Waals surface area (Å²) in [4.78, 5) is 0. The van der Waals surface area contributed by atoms with E-state index in [1.807, 2.05) is 0 Å². The summed E-state index contributed by atoms with van der Waals surface area (Å²) in [5.74, 6) is 0. The van der Waals surface area contributed by atoms with Crippen molar-refractivity contribution in [2.45, 2.75) is 34.1 Å². The third kappa shape index (κ3) is 5.63. The molecule has 2 aromatic carbocycles. The largest absolute Gasteiger partial charge is 2.00 e. The molecule has 1 aliphatic rings. The second-order valence-corrected chi connectivity index (χ2v) is 6.26. The Morgan fingerprint density at radius 1 is 1.04 bits per heavy atom. The molecular weight excluding hydrogens is 417 g/mol. The normalized spacial score (nSPS) is 12.2. The van der Waals surface area contributed by atoms with Crippen LogP contribution < -0.4 is 0 Å². The molecule has 0 amide bonds. The molecule has 0 unspecified atom stereocenters. The third-order valence-corrected chi connectivity index (χ3v) is 4.40. The van der Waals surface area contributed by atoms with Crippen molar-refractivity contribution in [2.24, 2.45) is 0 Å². The van der Waals surface area contributed by atoms with Gasteiger partial charge in [-0.2, -0.15) is 6.08 Å². The standard InChI is InChI=1S/C15H14N.C7H9.CH3Cl.Zr/c1-11-7-12(2)16(10-11)15-8-13-5-3-4-6-14(13)9-15;1-6-4-3-5-7(6)2;1-2;/h3-10H,1-2H3;4H,3H2,1-2H3;1H3;/q2*-1;;+2. The second kappa shape index (κ2) is 10.8. The van der Waals surface area contributed by atoms with Crippen molar-refractivity contribution in [3.05, 3.63) is 83.2 Å². The number of aromatic nitrogens is 1.